The summed E-state index contributed by atoms with van der Waals surface area (Å²) in [6, 6.07) is 2.37. The molecule has 158 valence electrons. The molecular weight excluding hydrogens is 391 g/mol. The SMILES string of the molecule is CC1COc2c(N3CCN(C)CC3)c(F)cc3c(=O)c4c(O)n(C)c(=O)cc4n1c23. The molecule has 0 bridgehead atoms. The average molecular weight is 414 g/mol. The number of aromatic nitrogens is 2. The van der Waals surface area contributed by atoms with Crippen molar-refractivity contribution in [3.63, 3.8) is 0 Å². The first-order valence-corrected chi connectivity index (χ1v) is 9.99. The molecule has 3 aromatic rings. The van der Waals surface area contributed by atoms with Crippen LogP contribution in [-0.4, -0.2) is 59.0 Å². The van der Waals surface area contributed by atoms with Crippen LogP contribution in [0.5, 0.6) is 11.6 Å². The summed E-state index contributed by atoms with van der Waals surface area (Å²) >= 11 is 0. The van der Waals surface area contributed by atoms with Crippen LogP contribution in [0.1, 0.15) is 13.0 Å². The third kappa shape index (κ3) is 2.48. The zero-order chi connectivity index (χ0) is 21.3. The monoisotopic (exact) mass is 414 g/mol. The molecule has 2 aromatic heterocycles. The van der Waals surface area contributed by atoms with E-state index in [1.165, 1.54) is 19.2 Å². The van der Waals surface area contributed by atoms with E-state index in [4.69, 9.17) is 4.74 Å². The molecular formula is C21H23FN4O4. The van der Waals surface area contributed by atoms with Crippen LogP contribution in [0.4, 0.5) is 10.1 Å². The zero-order valence-corrected chi connectivity index (χ0v) is 17.1. The predicted molar refractivity (Wildman–Crippen MR) is 112 cm³/mol. The number of nitrogens with zero attached hydrogens (tertiary/aromatic N) is 4. The van der Waals surface area contributed by atoms with Crippen LogP contribution in [0.3, 0.4) is 0 Å². The fourth-order valence-corrected chi connectivity index (χ4v) is 4.55. The number of anilines is 1. The van der Waals surface area contributed by atoms with Crippen LogP contribution in [0.25, 0.3) is 21.8 Å². The van der Waals surface area contributed by atoms with Gasteiger partial charge in [0.15, 0.2) is 11.6 Å². The largest absolute Gasteiger partial charge is 0.494 e. The van der Waals surface area contributed by atoms with Crippen molar-refractivity contribution in [2.75, 3.05) is 44.7 Å². The van der Waals surface area contributed by atoms with Crippen LogP contribution in [0.15, 0.2) is 21.7 Å². The molecule has 0 radical (unpaired) electrons. The number of hydrogen-bond donors (Lipinski definition) is 1. The molecule has 0 saturated carbocycles. The Balaban J connectivity index is 1.93. The Bertz CT molecular complexity index is 1320. The van der Waals surface area contributed by atoms with Crippen molar-refractivity contribution in [3.05, 3.63) is 38.5 Å². The number of benzene rings is 1. The van der Waals surface area contributed by atoms with Crippen LogP contribution in [-0.2, 0) is 7.05 Å². The maximum atomic E-state index is 15.3. The molecule has 5 rings (SSSR count). The van der Waals surface area contributed by atoms with Gasteiger partial charge in [0.1, 0.15) is 17.7 Å². The molecule has 4 heterocycles. The van der Waals surface area contributed by atoms with E-state index in [2.05, 4.69) is 4.90 Å². The van der Waals surface area contributed by atoms with Gasteiger partial charge in [-0.1, -0.05) is 0 Å². The lowest BCUT2D eigenvalue weighted by Gasteiger charge is -2.37. The highest BCUT2D eigenvalue weighted by atomic mass is 19.1. The van der Waals surface area contributed by atoms with Crippen molar-refractivity contribution in [2.24, 2.45) is 7.05 Å². The molecule has 8 nitrogen and oxygen atoms in total. The summed E-state index contributed by atoms with van der Waals surface area (Å²) in [6.45, 7) is 5.04. The molecule has 1 N–H and O–H groups in total. The number of aromatic hydroxyl groups is 1. The molecule has 0 aliphatic carbocycles. The van der Waals surface area contributed by atoms with E-state index in [1.54, 1.807) is 0 Å². The second kappa shape index (κ2) is 6.46. The maximum absolute atomic E-state index is 15.3. The van der Waals surface area contributed by atoms with Crippen LogP contribution in [0, 0.1) is 5.82 Å². The number of fused-ring (bicyclic) bond motifs is 2. The Kier molecular flexibility index (Phi) is 4.08. The highest BCUT2D eigenvalue weighted by molar-refractivity contribution is 6.01. The highest BCUT2D eigenvalue weighted by Crippen LogP contribution is 2.43. The number of rotatable bonds is 1. The highest BCUT2D eigenvalue weighted by Gasteiger charge is 2.31. The summed E-state index contributed by atoms with van der Waals surface area (Å²) < 4.78 is 24.2. The standard InChI is InChI=1S/C21H23FN4O4/c1-11-10-30-20-17-12(8-13(22)18(20)25-6-4-23(2)5-7-25)19(28)16-14(26(11)17)9-15(27)24(3)21(16)29/h8-9,11,29H,4-7,10H2,1-3H3. The van der Waals surface area contributed by atoms with E-state index in [-0.39, 0.29) is 23.4 Å². The van der Waals surface area contributed by atoms with Gasteiger partial charge in [0.05, 0.1) is 22.5 Å². The minimum absolute atomic E-state index is 0.0102. The molecule has 1 aromatic carbocycles. The minimum Gasteiger partial charge on any atom is -0.494 e. The van der Waals surface area contributed by atoms with Crippen LogP contribution < -0.4 is 20.6 Å². The Hall–Kier alpha value is -3.07. The quantitative estimate of drug-likeness (QED) is 0.607. The first-order valence-electron chi connectivity index (χ1n) is 9.99. The fraction of sp³-hybridized carbons (Fsp3) is 0.429. The van der Waals surface area contributed by atoms with Crippen LogP contribution in [0.2, 0.25) is 0 Å². The second-order valence-corrected chi connectivity index (χ2v) is 8.21. The summed E-state index contributed by atoms with van der Waals surface area (Å²) in [5, 5.41) is 10.7. The van der Waals surface area contributed by atoms with Crippen molar-refractivity contribution < 1.29 is 14.2 Å². The fourth-order valence-electron chi connectivity index (χ4n) is 4.55. The minimum atomic E-state index is -0.524. The lowest BCUT2D eigenvalue weighted by Crippen LogP contribution is -2.45. The second-order valence-electron chi connectivity index (χ2n) is 8.21. The molecule has 1 atom stereocenters. The molecule has 0 spiro atoms. The molecule has 0 amide bonds. The molecule has 30 heavy (non-hydrogen) atoms. The van der Waals surface area contributed by atoms with Crippen molar-refractivity contribution in [1.29, 1.82) is 0 Å². The van der Waals surface area contributed by atoms with E-state index in [0.29, 0.717) is 35.6 Å². The van der Waals surface area contributed by atoms with Crippen molar-refractivity contribution in [3.8, 4) is 11.6 Å². The lowest BCUT2D eigenvalue weighted by atomic mass is 10.0. The van der Waals surface area contributed by atoms with Gasteiger partial charge in [-0.05, 0) is 20.0 Å². The molecule has 2 aliphatic heterocycles. The van der Waals surface area contributed by atoms with Gasteiger partial charge >= 0.3 is 0 Å². The maximum Gasteiger partial charge on any atom is 0.255 e. The van der Waals surface area contributed by atoms with Gasteiger partial charge in [0, 0.05) is 39.3 Å². The number of halogens is 1. The first-order chi connectivity index (χ1) is 14.3. The van der Waals surface area contributed by atoms with E-state index in [9.17, 15) is 14.7 Å². The van der Waals surface area contributed by atoms with E-state index < -0.39 is 22.7 Å². The number of hydrogen-bond acceptors (Lipinski definition) is 6. The lowest BCUT2D eigenvalue weighted by molar-refractivity contribution is 0.248. The number of piperazine rings is 1. The van der Waals surface area contributed by atoms with E-state index >= 15 is 4.39 Å². The Morgan fingerprint density at radius 1 is 1.13 bits per heavy atom. The van der Waals surface area contributed by atoms with Crippen molar-refractivity contribution in [2.45, 2.75) is 13.0 Å². The topological polar surface area (TPSA) is 79.9 Å². The third-order valence-corrected chi connectivity index (χ3v) is 6.27. The number of likely N-dealkylation sites (N-methyl/N-ethyl adjacent to an activating group) is 1. The van der Waals surface area contributed by atoms with E-state index in [0.717, 1.165) is 17.7 Å². The third-order valence-electron chi connectivity index (χ3n) is 6.27. The molecule has 1 unspecified atom stereocenters. The Labute approximate surface area is 171 Å². The average Bonchev–Trinajstić information content (AvgIpc) is 2.71. The van der Waals surface area contributed by atoms with Gasteiger partial charge in [-0.2, -0.15) is 0 Å². The van der Waals surface area contributed by atoms with Crippen molar-refractivity contribution >= 4 is 27.5 Å². The first kappa shape index (κ1) is 18.9. The molecule has 1 fully saturated rings. The number of pyridine rings is 2. The van der Waals surface area contributed by atoms with Gasteiger partial charge in [-0.3, -0.25) is 14.2 Å². The number of ether oxygens (including phenoxy) is 1. The van der Waals surface area contributed by atoms with E-state index in [1.807, 2.05) is 23.4 Å². The predicted octanol–water partition coefficient (Wildman–Crippen LogP) is 1.40. The normalized spacial score (nSPS) is 19.5. The molecule has 9 heteroatoms. The summed E-state index contributed by atoms with van der Waals surface area (Å²) in [5.41, 5.74) is 0.203. The van der Waals surface area contributed by atoms with Gasteiger partial charge in [0.2, 0.25) is 11.3 Å². The summed E-state index contributed by atoms with van der Waals surface area (Å²) in [5.74, 6) is -0.618. The summed E-state index contributed by atoms with van der Waals surface area (Å²) in [6.07, 6.45) is 0. The van der Waals surface area contributed by atoms with Gasteiger partial charge in [-0.25, -0.2) is 4.39 Å². The van der Waals surface area contributed by atoms with Crippen molar-refractivity contribution in [1.82, 2.24) is 14.0 Å². The van der Waals surface area contributed by atoms with Gasteiger partial charge < -0.3 is 24.2 Å². The van der Waals surface area contributed by atoms with Crippen LogP contribution >= 0.6 is 0 Å². The summed E-state index contributed by atoms with van der Waals surface area (Å²) in [4.78, 5) is 29.8. The summed E-state index contributed by atoms with van der Waals surface area (Å²) in [7, 11) is 3.42. The zero-order valence-electron chi connectivity index (χ0n) is 17.1. The molecule has 1 saturated heterocycles. The Morgan fingerprint density at radius 2 is 1.83 bits per heavy atom. The molecule has 2 aliphatic rings. The van der Waals surface area contributed by atoms with Gasteiger partial charge in [0.25, 0.3) is 5.56 Å². The Morgan fingerprint density at radius 3 is 2.53 bits per heavy atom. The van der Waals surface area contributed by atoms with Gasteiger partial charge in [-0.15, -0.1) is 0 Å². The smallest absolute Gasteiger partial charge is 0.255 e.